The number of nitrogens with zero attached hydrogens (tertiary/aromatic N) is 1. The number of carboxylic acids is 1. The van der Waals surface area contributed by atoms with E-state index in [9.17, 15) is 63.3 Å². The normalized spacial score (nSPS) is 14.9. The van der Waals surface area contributed by atoms with E-state index in [1.807, 2.05) is 6.07 Å². The summed E-state index contributed by atoms with van der Waals surface area (Å²) in [6.45, 7) is 9.69. The van der Waals surface area contributed by atoms with Crippen molar-refractivity contribution in [2.75, 3.05) is 19.7 Å². The number of benzene rings is 1. The van der Waals surface area contributed by atoms with Crippen molar-refractivity contribution < 1.29 is 63.3 Å². The minimum Gasteiger partial charge on any atom is -0.480 e. The number of hydrogen-bond donors (Lipinski definition) is 15. The number of aliphatic carboxylic acids is 1. The maximum absolute atomic E-state index is 14.0. The lowest BCUT2D eigenvalue weighted by molar-refractivity contribution is -0.144. The molecule has 1 aromatic rings. The number of nitrogens with one attached hydrogen (secondary N) is 8. The van der Waals surface area contributed by atoms with Gasteiger partial charge >= 0.3 is 5.97 Å². The van der Waals surface area contributed by atoms with E-state index in [-0.39, 0.29) is 56.4 Å². The highest BCUT2D eigenvalue weighted by Gasteiger charge is 2.36. The van der Waals surface area contributed by atoms with Gasteiger partial charge in [0.2, 0.25) is 53.2 Å². The van der Waals surface area contributed by atoms with E-state index in [0.29, 0.717) is 0 Å². The monoisotopic (exact) mass is 1010 g/mol. The van der Waals surface area contributed by atoms with Gasteiger partial charge in [0.25, 0.3) is 0 Å². The van der Waals surface area contributed by atoms with E-state index >= 15 is 0 Å². The predicted octanol–water partition coefficient (Wildman–Crippen LogP) is -4.80. The Morgan fingerprint density at radius 2 is 1.08 bits per heavy atom. The van der Waals surface area contributed by atoms with Crippen molar-refractivity contribution in [2.45, 2.75) is 141 Å². The summed E-state index contributed by atoms with van der Waals surface area (Å²) in [4.78, 5) is 134. The summed E-state index contributed by atoms with van der Waals surface area (Å²) in [5.74, 6) is -11.2. The Hall–Kier alpha value is -6.93. The molecule has 0 radical (unpaired) electrons. The van der Waals surface area contributed by atoms with Crippen LogP contribution >= 0.6 is 0 Å². The Balaban J connectivity index is 3.26. The van der Waals surface area contributed by atoms with Gasteiger partial charge in [0.05, 0.1) is 31.7 Å². The van der Waals surface area contributed by atoms with Gasteiger partial charge in [0, 0.05) is 6.54 Å². The number of carboxylic acid groups (broad SMARTS) is 1. The van der Waals surface area contributed by atoms with Crippen LogP contribution in [-0.4, -0.2) is 155 Å². The Kier molecular flexibility index (Phi) is 27.4. The van der Waals surface area contributed by atoms with Crippen molar-refractivity contribution in [1.82, 2.24) is 42.5 Å². The molecule has 0 saturated heterocycles. The molecule has 0 spiro atoms. The van der Waals surface area contributed by atoms with Gasteiger partial charge in [-0.15, -0.1) is 0 Å². The van der Waals surface area contributed by atoms with Crippen LogP contribution in [-0.2, 0) is 54.4 Å². The van der Waals surface area contributed by atoms with Crippen molar-refractivity contribution in [3.8, 4) is 0 Å². The second-order valence-electron chi connectivity index (χ2n) is 18.2. The number of hydrogen-bond acceptors (Lipinski definition) is 14. The lowest BCUT2D eigenvalue weighted by Gasteiger charge is -2.30. The SMILES string of the molecule is CC(C)C[C@H](NC(=O)CNC(=O)[C@@H](N)Cc1ccccc1)C(=O)N[C@@H](CO)C(=O)N[C@@H](CCCN=C(N)N)C(=O)N[C@H](C(=O)N[C@H](C(=O)N[C@@H](CC(C)C)C(=O)N[C@@H](CC(N)=O)C(=O)O)[C@@H](C)O)C(C)C. The number of carbonyl (C=O) groups excluding carboxylic acids is 9. The molecule has 0 aliphatic heterocycles. The molecule has 0 aliphatic carbocycles. The lowest BCUT2D eigenvalue weighted by atomic mass is 10.00. The molecule has 71 heavy (non-hydrogen) atoms. The molecule has 26 nitrogen and oxygen atoms in total. The highest BCUT2D eigenvalue weighted by molar-refractivity contribution is 5.98. The summed E-state index contributed by atoms with van der Waals surface area (Å²) in [5.41, 5.74) is 22.8. The summed E-state index contributed by atoms with van der Waals surface area (Å²) in [7, 11) is 0. The van der Waals surface area contributed by atoms with Gasteiger partial charge < -0.3 is 80.8 Å². The molecular weight excluding hydrogens is 931 g/mol. The Bertz CT molecular complexity index is 2000. The average Bonchev–Trinajstić information content (AvgIpc) is 3.27. The fourth-order valence-electron chi connectivity index (χ4n) is 6.79. The molecule has 0 aliphatic rings. The van der Waals surface area contributed by atoms with Crippen LogP contribution < -0.4 is 65.5 Å². The van der Waals surface area contributed by atoms with Crippen LogP contribution in [0, 0.1) is 17.8 Å². The zero-order valence-electron chi connectivity index (χ0n) is 41.4. The zero-order valence-corrected chi connectivity index (χ0v) is 41.4. The maximum atomic E-state index is 14.0. The number of aliphatic imine (C=N–C) groups is 1. The molecule has 1 rings (SSSR count). The number of guanidine groups is 1. The Morgan fingerprint density at radius 3 is 1.58 bits per heavy atom. The molecule has 398 valence electrons. The van der Waals surface area contributed by atoms with Crippen LogP contribution in [0.2, 0.25) is 0 Å². The molecule has 19 N–H and O–H groups in total. The molecule has 0 unspecified atom stereocenters. The van der Waals surface area contributed by atoms with Gasteiger partial charge in [-0.1, -0.05) is 71.9 Å². The topological polar surface area (TPSA) is 444 Å². The summed E-state index contributed by atoms with van der Waals surface area (Å²) in [6.07, 6.45) is -2.15. The predicted molar refractivity (Wildman–Crippen MR) is 259 cm³/mol. The Morgan fingerprint density at radius 1 is 0.606 bits per heavy atom. The molecule has 0 saturated carbocycles. The van der Waals surface area contributed by atoms with Crippen LogP contribution in [0.1, 0.15) is 86.1 Å². The van der Waals surface area contributed by atoms with E-state index in [0.717, 1.165) is 5.56 Å². The van der Waals surface area contributed by atoms with Gasteiger partial charge in [-0.3, -0.25) is 48.1 Å². The first kappa shape index (κ1) is 62.1. The number of nitrogens with two attached hydrogens (primary N) is 4. The number of aliphatic hydroxyl groups excluding tert-OH is 2. The van der Waals surface area contributed by atoms with Crippen molar-refractivity contribution in [1.29, 1.82) is 0 Å². The van der Waals surface area contributed by atoms with E-state index in [4.69, 9.17) is 22.9 Å². The number of carbonyl (C=O) groups is 10. The average molecular weight is 1010 g/mol. The third-order valence-corrected chi connectivity index (χ3v) is 10.5. The summed E-state index contributed by atoms with van der Waals surface area (Å²) >= 11 is 0. The minimum absolute atomic E-state index is 0.00461. The van der Waals surface area contributed by atoms with Crippen molar-refractivity contribution in [3.05, 3.63) is 35.9 Å². The highest BCUT2D eigenvalue weighted by Crippen LogP contribution is 2.11. The van der Waals surface area contributed by atoms with E-state index in [2.05, 4.69) is 47.5 Å². The minimum atomic E-state index is -1.74. The maximum Gasteiger partial charge on any atom is 0.326 e. The van der Waals surface area contributed by atoms with Crippen LogP contribution in [0.4, 0.5) is 0 Å². The van der Waals surface area contributed by atoms with Crippen LogP contribution in [0.25, 0.3) is 0 Å². The largest absolute Gasteiger partial charge is 0.480 e. The first-order chi connectivity index (χ1) is 33.2. The van der Waals surface area contributed by atoms with Crippen molar-refractivity contribution in [3.63, 3.8) is 0 Å². The van der Waals surface area contributed by atoms with E-state index in [1.165, 1.54) is 6.92 Å². The molecule has 26 heteroatoms. The number of amides is 9. The van der Waals surface area contributed by atoms with Crippen LogP contribution in [0.15, 0.2) is 35.3 Å². The molecule has 0 aromatic heterocycles. The van der Waals surface area contributed by atoms with Gasteiger partial charge in [-0.2, -0.15) is 0 Å². The van der Waals surface area contributed by atoms with Gasteiger partial charge in [-0.05, 0) is 62.3 Å². The molecule has 9 atom stereocenters. The van der Waals surface area contributed by atoms with E-state index < -0.39 is 139 Å². The fraction of sp³-hybridized carbons (Fsp3) is 0.622. The number of primary amides is 1. The van der Waals surface area contributed by atoms with Crippen LogP contribution in [0.3, 0.4) is 0 Å². The van der Waals surface area contributed by atoms with Gasteiger partial charge in [-0.25, -0.2) is 4.79 Å². The highest BCUT2D eigenvalue weighted by atomic mass is 16.4. The summed E-state index contributed by atoms with van der Waals surface area (Å²) in [6, 6.07) is -2.65. The Labute approximate surface area is 412 Å². The van der Waals surface area contributed by atoms with Crippen LogP contribution in [0.5, 0.6) is 0 Å². The fourth-order valence-corrected chi connectivity index (χ4v) is 6.79. The molecule has 9 amide bonds. The van der Waals surface area contributed by atoms with Crippen molar-refractivity contribution >= 4 is 65.1 Å². The van der Waals surface area contributed by atoms with Gasteiger partial charge in [0.15, 0.2) is 5.96 Å². The second kappa shape index (κ2) is 31.3. The third-order valence-electron chi connectivity index (χ3n) is 10.5. The summed E-state index contributed by atoms with van der Waals surface area (Å²) < 4.78 is 0. The summed E-state index contributed by atoms with van der Waals surface area (Å²) in [5, 5.41) is 49.6. The molecule has 0 bridgehead atoms. The molecule has 1 aromatic carbocycles. The molecule has 0 fully saturated rings. The first-order valence-corrected chi connectivity index (χ1v) is 23.2. The lowest BCUT2D eigenvalue weighted by Crippen LogP contribution is -2.62. The van der Waals surface area contributed by atoms with E-state index in [1.54, 1.807) is 65.8 Å². The second-order valence-corrected chi connectivity index (χ2v) is 18.2. The zero-order chi connectivity index (χ0) is 54.1. The number of aliphatic hydroxyl groups is 2. The smallest absolute Gasteiger partial charge is 0.326 e. The standard InChI is InChI=1S/C45H75N13O13/c1-22(2)16-29(52-34(62)20-51-37(63)27(46)18-26-12-9-8-10-13-26)39(65)56-32(21-59)41(67)53-28(14-11-15-50-45(48)49)38(64)57-35(24(5)6)42(68)58-36(25(7)60)43(69)54-30(17-23(3)4)40(66)55-31(44(70)71)19-33(47)61/h8-10,12-13,22-25,27-32,35-36,59-60H,11,14-21,46H2,1-7H3,(H2,47,61)(H,51,63)(H,52,62)(H,53,67)(H,54,69)(H,55,66)(H,56,65)(H,57,64)(H,58,68)(H,70,71)(H4,48,49,50)/t25-,27+,28+,29+,30+,31+,32+,35+,36+/m1/s1. The quantitative estimate of drug-likeness (QED) is 0.0183. The van der Waals surface area contributed by atoms with Gasteiger partial charge in [0.1, 0.15) is 42.3 Å². The first-order valence-electron chi connectivity index (χ1n) is 23.2. The van der Waals surface area contributed by atoms with Crippen molar-refractivity contribution in [2.24, 2.45) is 45.7 Å². The molecule has 0 heterocycles. The number of rotatable bonds is 32. The molecular formula is C45H75N13O13. The third kappa shape index (κ3) is 24.0.